The van der Waals surface area contributed by atoms with Gasteiger partial charge in [0.25, 0.3) is 12.3 Å². The number of fused-ring (bicyclic) bond motifs is 1. The third-order valence-corrected chi connectivity index (χ3v) is 4.40. The van der Waals surface area contributed by atoms with Crippen molar-refractivity contribution in [3.05, 3.63) is 29.8 Å². The highest BCUT2D eigenvalue weighted by Gasteiger charge is 2.63. The highest BCUT2D eigenvalue weighted by Crippen LogP contribution is 2.49. The van der Waals surface area contributed by atoms with Crippen molar-refractivity contribution >= 4 is 5.91 Å². The number of nitrogens with zero attached hydrogens (tertiary/aromatic N) is 3. The molecule has 0 bridgehead atoms. The van der Waals surface area contributed by atoms with Crippen LogP contribution in [-0.2, 0) is 4.79 Å². The molecule has 132 valence electrons. The first-order valence-electron chi connectivity index (χ1n) is 7.18. The Hall–Kier alpha value is -1.84. The van der Waals surface area contributed by atoms with Gasteiger partial charge < -0.3 is 0 Å². The normalized spacial score (nSPS) is 28.0. The fraction of sp³-hybridized carbons (Fsp3) is 0.571. The van der Waals surface area contributed by atoms with Crippen molar-refractivity contribution in [3.8, 4) is 0 Å². The van der Waals surface area contributed by atoms with Crippen molar-refractivity contribution in [2.24, 2.45) is 5.41 Å². The van der Waals surface area contributed by atoms with Gasteiger partial charge in [0.1, 0.15) is 11.2 Å². The van der Waals surface area contributed by atoms with E-state index in [0.29, 0.717) is 6.42 Å². The molecule has 24 heavy (non-hydrogen) atoms. The monoisotopic (exact) mass is 353 g/mol. The van der Waals surface area contributed by atoms with E-state index in [0.717, 1.165) is 17.3 Å². The Bertz CT molecular complexity index is 652. The summed E-state index contributed by atoms with van der Waals surface area (Å²) in [7, 11) is 0. The van der Waals surface area contributed by atoms with E-state index >= 15 is 0 Å². The van der Waals surface area contributed by atoms with Gasteiger partial charge in [-0.2, -0.15) is 13.2 Å². The number of aromatic nitrogens is 1. The summed E-state index contributed by atoms with van der Waals surface area (Å²) in [5.74, 6) is -1.95. The molecule has 0 N–H and O–H groups in total. The summed E-state index contributed by atoms with van der Waals surface area (Å²) in [5.41, 5.74) is -2.56. The predicted octanol–water partition coefficient (Wildman–Crippen LogP) is 2.93. The summed E-state index contributed by atoms with van der Waals surface area (Å²) in [5, 5.41) is 2.10. The zero-order valence-electron chi connectivity index (χ0n) is 12.2. The SMILES string of the molecule is O=C1N2[C@H](c3cncc(F)c3)CCN2C[C@]1(CC(F)(F)F)C(F)F. The summed E-state index contributed by atoms with van der Waals surface area (Å²) < 4.78 is 78.4. The van der Waals surface area contributed by atoms with Crippen LogP contribution in [0.3, 0.4) is 0 Å². The van der Waals surface area contributed by atoms with Crippen LogP contribution in [-0.4, -0.2) is 46.6 Å². The number of hydrogen-bond donors (Lipinski definition) is 0. The lowest BCUT2D eigenvalue weighted by Crippen LogP contribution is -2.44. The van der Waals surface area contributed by atoms with Crippen LogP contribution < -0.4 is 0 Å². The summed E-state index contributed by atoms with van der Waals surface area (Å²) in [6.45, 7) is -0.568. The van der Waals surface area contributed by atoms with Crippen molar-refractivity contribution in [3.63, 3.8) is 0 Å². The van der Waals surface area contributed by atoms with E-state index in [1.807, 2.05) is 0 Å². The molecular formula is C14H13F6N3O. The van der Waals surface area contributed by atoms with Crippen LogP contribution >= 0.6 is 0 Å². The summed E-state index contributed by atoms with van der Waals surface area (Å²) in [6, 6.07) is 0.301. The van der Waals surface area contributed by atoms with Crippen molar-refractivity contribution < 1.29 is 31.1 Å². The molecule has 3 rings (SSSR count). The predicted molar refractivity (Wildman–Crippen MR) is 69.1 cm³/mol. The van der Waals surface area contributed by atoms with Gasteiger partial charge in [-0.3, -0.25) is 14.8 Å². The van der Waals surface area contributed by atoms with E-state index in [-0.39, 0.29) is 12.1 Å². The molecule has 0 unspecified atom stereocenters. The molecule has 0 aromatic carbocycles. The Morgan fingerprint density at radius 3 is 2.62 bits per heavy atom. The van der Waals surface area contributed by atoms with Gasteiger partial charge in [-0.1, -0.05) is 0 Å². The Balaban J connectivity index is 1.94. The van der Waals surface area contributed by atoms with Gasteiger partial charge in [0, 0.05) is 19.3 Å². The number of carbonyl (C=O) groups excluding carboxylic acids is 1. The van der Waals surface area contributed by atoms with Crippen LogP contribution in [0.15, 0.2) is 18.5 Å². The third kappa shape index (κ3) is 2.72. The third-order valence-electron chi connectivity index (χ3n) is 4.40. The molecule has 0 spiro atoms. The van der Waals surface area contributed by atoms with Crippen molar-refractivity contribution in [1.29, 1.82) is 0 Å². The largest absolute Gasteiger partial charge is 0.390 e. The summed E-state index contributed by atoms with van der Waals surface area (Å²) >= 11 is 0. The molecule has 1 aromatic heterocycles. The molecule has 10 heteroatoms. The fourth-order valence-electron chi connectivity index (χ4n) is 3.39. The number of pyridine rings is 1. The Kier molecular flexibility index (Phi) is 3.97. The summed E-state index contributed by atoms with van der Waals surface area (Å²) in [6.07, 6.45) is -7.72. The molecule has 2 saturated heterocycles. The van der Waals surface area contributed by atoms with E-state index in [1.54, 1.807) is 0 Å². The lowest BCUT2D eigenvalue weighted by atomic mass is 9.83. The zero-order valence-corrected chi connectivity index (χ0v) is 12.2. The van der Waals surface area contributed by atoms with Gasteiger partial charge in [0.2, 0.25) is 0 Å². The zero-order chi connectivity index (χ0) is 17.7. The molecule has 0 radical (unpaired) electrons. The Labute approximate surface area is 133 Å². The van der Waals surface area contributed by atoms with E-state index in [2.05, 4.69) is 4.98 Å². The van der Waals surface area contributed by atoms with E-state index in [9.17, 15) is 31.1 Å². The molecular weight excluding hydrogens is 340 g/mol. The lowest BCUT2D eigenvalue weighted by Gasteiger charge is -2.28. The first kappa shape index (κ1) is 17.0. The molecule has 0 saturated carbocycles. The molecule has 2 fully saturated rings. The minimum Gasteiger partial charge on any atom is -0.272 e. The molecule has 0 aliphatic carbocycles. The van der Waals surface area contributed by atoms with Gasteiger partial charge in [-0.05, 0) is 18.1 Å². The van der Waals surface area contributed by atoms with Gasteiger partial charge in [0.05, 0.1) is 18.7 Å². The van der Waals surface area contributed by atoms with E-state index in [4.69, 9.17) is 0 Å². The lowest BCUT2D eigenvalue weighted by molar-refractivity contribution is -0.184. The van der Waals surface area contributed by atoms with Crippen LogP contribution in [0.5, 0.6) is 0 Å². The first-order chi connectivity index (χ1) is 11.1. The maximum Gasteiger partial charge on any atom is 0.390 e. The molecule has 2 aliphatic heterocycles. The highest BCUT2D eigenvalue weighted by atomic mass is 19.4. The minimum absolute atomic E-state index is 0.138. The molecule has 1 aromatic rings. The number of hydrogen-bond acceptors (Lipinski definition) is 3. The van der Waals surface area contributed by atoms with Crippen LogP contribution in [0.1, 0.15) is 24.4 Å². The topological polar surface area (TPSA) is 36.4 Å². The van der Waals surface area contributed by atoms with E-state index < -0.39 is 48.7 Å². The van der Waals surface area contributed by atoms with Crippen LogP contribution in [0.4, 0.5) is 26.3 Å². The second-order valence-electron chi connectivity index (χ2n) is 6.03. The highest BCUT2D eigenvalue weighted by molar-refractivity contribution is 5.86. The van der Waals surface area contributed by atoms with Crippen LogP contribution in [0.25, 0.3) is 0 Å². The van der Waals surface area contributed by atoms with Gasteiger partial charge >= 0.3 is 6.18 Å². The second-order valence-corrected chi connectivity index (χ2v) is 6.03. The van der Waals surface area contributed by atoms with Crippen LogP contribution in [0.2, 0.25) is 0 Å². The maximum absolute atomic E-state index is 13.4. The fourth-order valence-corrected chi connectivity index (χ4v) is 3.39. The van der Waals surface area contributed by atoms with Crippen molar-refractivity contribution in [1.82, 2.24) is 15.0 Å². The Morgan fingerprint density at radius 1 is 1.33 bits per heavy atom. The average molecular weight is 353 g/mol. The van der Waals surface area contributed by atoms with E-state index in [1.165, 1.54) is 11.2 Å². The average Bonchev–Trinajstić information content (AvgIpc) is 2.97. The summed E-state index contributed by atoms with van der Waals surface area (Å²) in [4.78, 5) is 16.1. The van der Waals surface area contributed by atoms with Gasteiger partial charge in [0.15, 0.2) is 0 Å². The quantitative estimate of drug-likeness (QED) is 0.784. The molecule has 1 amide bonds. The minimum atomic E-state index is -4.90. The smallest absolute Gasteiger partial charge is 0.272 e. The number of alkyl halides is 5. The molecule has 4 nitrogen and oxygen atoms in total. The number of carbonyl (C=O) groups is 1. The number of amides is 1. The van der Waals surface area contributed by atoms with Crippen molar-refractivity contribution in [2.75, 3.05) is 13.1 Å². The molecule has 2 aliphatic rings. The van der Waals surface area contributed by atoms with Gasteiger partial charge in [-0.25, -0.2) is 18.2 Å². The van der Waals surface area contributed by atoms with Crippen molar-refractivity contribution in [2.45, 2.75) is 31.5 Å². The second kappa shape index (κ2) is 5.61. The number of rotatable bonds is 3. The number of hydrazine groups is 1. The molecule has 3 heterocycles. The Morgan fingerprint density at radius 2 is 2.04 bits per heavy atom. The van der Waals surface area contributed by atoms with Crippen LogP contribution in [0, 0.1) is 11.2 Å². The molecule has 2 atom stereocenters. The standard InChI is InChI=1S/C14H13F6N3O/c15-9-3-8(4-21-5-9)10-1-2-22-7-13(11(16)17,6-14(18,19)20)12(24)23(10)22/h3-5,10-11H,1-2,6-7H2/t10-,13+/m0/s1. The first-order valence-corrected chi connectivity index (χ1v) is 7.18. The number of halogens is 6. The van der Waals surface area contributed by atoms with Gasteiger partial charge in [-0.15, -0.1) is 0 Å². The maximum atomic E-state index is 13.4.